The molecule has 0 spiro atoms. The predicted molar refractivity (Wildman–Crippen MR) is 99.5 cm³/mol. The summed E-state index contributed by atoms with van der Waals surface area (Å²) < 4.78 is 32.4. The topological polar surface area (TPSA) is 121 Å². The molecule has 2 aromatic heterocycles. The molecule has 0 fully saturated rings. The third kappa shape index (κ3) is 4.05. The second-order valence-electron chi connectivity index (χ2n) is 5.73. The molecule has 0 aliphatic rings. The number of fused-ring (bicyclic) bond motifs is 1. The van der Waals surface area contributed by atoms with Crippen LogP contribution in [0.5, 0.6) is 5.75 Å². The predicted octanol–water partition coefficient (Wildman–Crippen LogP) is 2.20. The number of nitrogens with zero attached hydrogens (tertiary/aromatic N) is 1. The van der Waals surface area contributed by atoms with Gasteiger partial charge in [0, 0.05) is 24.2 Å². The molecule has 1 atom stereocenters. The van der Waals surface area contributed by atoms with Crippen molar-refractivity contribution < 1.29 is 23.1 Å². The number of hydrogen-bond donors (Lipinski definition) is 3. The van der Waals surface area contributed by atoms with Gasteiger partial charge < -0.3 is 14.8 Å². The molecule has 0 radical (unpaired) electrons. The largest absolute Gasteiger partial charge is 0.495 e. The standard InChI is InChI=1S/C17H16ClN3O5S/c1-26-15-5-4-11(8-13(15)18)27(24,25)21-14(17(22)23)7-10-9-20-16-12(10)3-2-6-19-16/h2-6,8-9,14,21H,7H2,1H3,(H,19,20)(H,22,23). The maximum atomic E-state index is 12.6. The summed E-state index contributed by atoms with van der Waals surface area (Å²) in [6.07, 6.45) is 3.17. The highest BCUT2D eigenvalue weighted by molar-refractivity contribution is 7.89. The summed E-state index contributed by atoms with van der Waals surface area (Å²) in [5.41, 5.74) is 1.24. The van der Waals surface area contributed by atoms with E-state index in [1.54, 1.807) is 24.5 Å². The Morgan fingerprint density at radius 2 is 2.19 bits per heavy atom. The number of carboxylic acid groups (broad SMARTS) is 1. The second kappa shape index (κ2) is 7.55. The summed E-state index contributed by atoms with van der Waals surface area (Å²) >= 11 is 5.97. The molecular formula is C17H16ClN3O5S. The van der Waals surface area contributed by atoms with Gasteiger partial charge in [-0.2, -0.15) is 4.72 Å². The smallest absolute Gasteiger partial charge is 0.322 e. The summed E-state index contributed by atoms with van der Waals surface area (Å²) in [6.45, 7) is 0. The molecule has 3 aromatic rings. The van der Waals surface area contributed by atoms with E-state index in [-0.39, 0.29) is 16.3 Å². The van der Waals surface area contributed by atoms with Gasteiger partial charge in [-0.1, -0.05) is 11.6 Å². The maximum Gasteiger partial charge on any atom is 0.322 e. The van der Waals surface area contributed by atoms with Crippen molar-refractivity contribution in [3.8, 4) is 5.75 Å². The van der Waals surface area contributed by atoms with E-state index in [0.717, 1.165) is 5.39 Å². The average Bonchev–Trinajstić information content (AvgIpc) is 3.04. The molecule has 3 rings (SSSR count). The molecule has 0 aliphatic carbocycles. The molecule has 3 N–H and O–H groups in total. The van der Waals surface area contributed by atoms with Gasteiger partial charge in [0.1, 0.15) is 17.4 Å². The molecule has 0 aliphatic heterocycles. The fourth-order valence-corrected chi connectivity index (χ4v) is 4.19. The number of ether oxygens (including phenoxy) is 1. The SMILES string of the molecule is COc1ccc(S(=O)(=O)NC(Cc2c[nH]c3ncccc23)C(=O)O)cc1Cl. The Hall–Kier alpha value is -2.62. The Morgan fingerprint density at radius 1 is 1.41 bits per heavy atom. The second-order valence-corrected chi connectivity index (χ2v) is 7.85. The van der Waals surface area contributed by atoms with Gasteiger partial charge >= 0.3 is 5.97 Å². The fraction of sp³-hybridized carbons (Fsp3) is 0.176. The van der Waals surface area contributed by atoms with Gasteiger partial charge in [0.15, 0.2) is 0 Å². The molecule has 0 saturated heterocycles. The van der Waals surface area contributed by atoms with Gasteiger partial charge in [-0.05, 0) is 35.9 Å². The maximum absolute atomic E-state index is 12.6. The van der Waals surface area contributed by atoms with Crippen LogP contribution in [0.25, 0.3) is 11.0 Å². The molecule has 1 aromatic carbocycles. The van der Waals surface area contributed by atoms with Gasteiger partial charge in [-0.25, -0.2) is 13.4 Å². The van der Waals surface area contributed by atoms with E-state index in [1.165, 1.54) is 25.3 Å². The number of sulfonamides is 1. The number of H-pyrrole nitrogens is 1. The third-order valence-corrected chi connectivity index (χ3v) is 5.75. The highest BCUT2D eigenvalue weighted by atomic mass is 35.5. The number of nitrogens with one attached hydrogen (secondary N) is 2. The van der Waals surface area contributed by atoms with Gasteiger partial charge in [-0.15, -0.1) is 0 Å². The summed E-state index contributed by atoms with van der Waals surface area (Å²) in [4.78, 5) is 18.6. The van der Waals surface area contributed by atoms with Crippen molar-refractivity contribution in [1.29, 1.82) is 0 Å². The third-order valence-electron chi connectivity index (χ3n) is 3.99. The van der Waals surface area contributed by atoms with Crippen LogP contribution in [0.15, 0.2) is 47.6 Å². The number of rotatable bonds is 7. The van der Waals surface area contributed by atoms with Crippen LogP contribution in [-0.2, 0) is 21.2 Å². The molecule has 1 unspecified atom stereocenters. The summed E-state index contributed by atoms with van der Waals surface area (Å²) in [7, 11) is -2.70. The lowest BCUT2D eigenvalue weighted by Crippen LogP contribution is -2.42. The van der Waals surface area contributed by atoms with E-state index in [0.29, 0.717) is 17.0 Å². The lowest BCUT2D eigenvalue weighted by molar-refractivity contribution is -0.138. The Labute approximate surface area is 160 Å². The Morgan fingerprint density at radius 3 is 2.85 bits per heavy atom. The van der Waals surface area contributed by atoms with Gasteiger partial charge in [0.25, 0.3) is 0 Å². The minimum atomic E-state index is -4.11. The van der Waals surface area contributed by atoms with E-state index >= 15 is 0 Å². The van der Waals surface area contributed by atoms with E-state index in [1.807, 2.05) is 0 Å². The number of hydrogen-bond acceptors (Lipinski definition) is 5. The first-order chi connectivity index (χ1) is 12.8. The number of aliphatic carboxylic acids is 1. The Balaban J connectivity index is 1.87. The van der Waals surface area contributed by atoms with Crippen LogP contribution in [0, 0.1) is 0 Å². The summed E-state index contributed by atoms with van der Waals surface area (Å²) in [5, 5.41) is 10.3. The molecule has 2 heterocycles. The first kappa shape index (κ1) is 19.2. The number of methoxy groups -OCH3 is 1. The van der Waals surface area contributed by atoms with Crippen LogP contribution < -0.4 is 9.46 Å². The molecule has 142 valence electrons. The average molecular weight is 410 g/mol. The molecular weight excluding hydrogens is 394 g/mol. The normalized spacial score (nSPS) is 12.8. The first-order valence-electron chi connectivity index (χ1n) is 7.81. The number of carbonyl (C=O) groups is 1. The van der Waals surface area contributed by atoms with Crippen LogP contribution in [-0.4, -0.2) is 42.6 Å². The van der Waals surface area contributed by atoms with Crippen molar-refractivity contribution in [2.75, 3.05) is 7.11 Å². The quantitative estimate of drug-likeness (QED) is 0.550. The summed E-state index contributed by atoms with van der Waals surface area (Å²) in [5.74, 6) is -0.979. The number of carboxylic acids is 1. The van der Waals surface area contributed by atoms with Crippen molar-refractivity contribution in [3.63, 3.8) is 0 Å². The lowest BCUT2D eigenvalue weighted by Gasteiger charge is -2.15. The van der Waals surface area contributed by atoms with Crippen LogP contribution >= 0.6 is 11.6 Å². The monoisotopic (exact) mass is 409 g/mol. The van der Waals surface area contributed by atoms with Crippen molar-refractivity contribution >= 4 is 38.6 Å². The molecule has 0 amide bonds. The Kier molecular flexibility index (Phi) is 5.36. The number of pyridine rings is 1. The minimum Gasteiger partial charge on any atom is -0.495 e. The van der Waals surface area contributed by atoms with Crippen molar-refractivity contribution in [2.24, 2.45) is 0 Å². The number of halogens is 1. The lowest BCUT2D eigenvalue weighted by atomic mass is 10.1. The van der Waals surface area contributed by atoms with Gasteiger partial charge in [0.2, 0.25) is 10.0 Å². The van der Waals surface area contributed by atoms with Crippen LogP contribution in [0.4, 0.5) is 0 Å². The van der Waals surface area contributed by atoms with Crippen LogP contribution in [0.1, 0.15) is 5.56 Å². The van der Waals surface area contributed by atoms with E-state index in [2.05, 4.69) is 14.7 Å². The van der Waals surface area contributed by atoms with Crippen LogP contribution in [0.3, 0.4) is 0 Å². The summed E-state index contributed by atoms with van der Waals surface area (Å²) in [6, 6.07) is 6.04. The van der Waals surface area contributed by atoms with Crippen molar-refractivity contribution in [3.05, 3.63) is 53.3 Å². The zero-order chi connectivity index (χ0) is 19.6. The number of aromatic amines is 1. The number of benzene rings is 1. The number of aromatic nitrogens is 2. The molecule has 0 bridgehead atoms. The van der Waals surface area contributed by atoms with Crippen molar-refractivity contribution in [2.45, 2.75) is 17.4 Å². The van der Waals surface area contributed by atoms with E-state index < -0.39 is 22.0 Å². The zero-order valence-corrected chi connectivity index (χ0v) is 15.7. The minimum absolute atomic E-state index is 0.0514. The van der Waals surface area contributed by atoms with Crippen LogP contribution in [0.2, 0.25) is 5.02 Å². The highest BCUT2D eigenvalue weighted by Gasteiger charge is 2.27. The first-order valence-corrected chi connectivity index (χ1v) is 9.67. The zero-order valence-electron chi connectivity index (χ0n) is 14.1. The molecule has 0 saturated carbocycles. The van der Waals surface area contributed by atoms with Gasteiger partial charge in [-0.3, -0.25) is 4.79 Å². The van der Waals surface area contributed by atoms with E-state index in [9.17, 15) is 18.3 Å². The molecule has 8 nitrogen and oxygen atoms in total. The molecule has 10 heteroatoms. The fourth-order valence-electron chi connectivity index (χ4n) is 2.65. The van der Waals surface area contributed by atoms with Crippen molar-refractivity contribution in [1.82, 2.24) is 14.7 Å². The Bertz CT molecular complexity index is 1100. The molecule has 27 heavy (non-hydrogen) atoms. The van der Waals surface area contributed by atoms with Gasteiger partial charge in [0.05, 0.1) is 17.0 Å². The highest BCUT2D eigenvalue weighted by Crippen LogP contribution is 2.27. The van der Waals surface area contributed by atoms with E-state index in [4.69, 9.17) is 16.3 Å².